The van der Waals surface area contributed by atoms with Crippen LogP contribution in [0, 0.1) is 24.7 Å². The third-order valence-electron chi connectivity index (χ3n) is 7.46. The Kier molecular flexibility index (Phi) is 13.9. The fraction of sp³-hybridized carbons (Fsp3) is 0.600. The van der Waals surface area contributed by atoms with Gasteiger partial charge in [-0.15, -0.1) is 11.3 Å². The third kappa shape index (κ3) is 10.4. The van der Waals surface area contributed by atoms with E-state index in [1.54, 1.807) is 12.3 Å². The minimum Gasteiger partial charge on any atom is -0.469 e. The molecule has 0 saturated carbocycles. The van der Waals surface area contributed by atoms with Gasteiger partial charge in [-0.05, 0) is 42.7 Å². The molecule has 0 saturated heterocycles. The Morgan fingerprint density at radius 2 is 1.79 bits per heavy atom. The molecule has 0 bridgehead atoms. The summed E-state index contributed by atoms with van der Waals surface area (Å²) < 4.78 is 4.88. The molecule has 3 N–H and O–H groups in total. The minimum absolute atomic E-state index is 0.0192. The van der Waals surface area contributed by atoms with Crippen LogP contribution in [0.1, 0.15) is 86.6 Å². The van der Waals surface area contributed by atoms with Crippen LogP contribution in [0.15, 0.2) is 34.8 Å². The van der Waals surface area contributed by atoms with E-state index in [1.165, 1.54) is 7.11 Å². The Hall–Kier alpha value is -3.47. The Balaban J connectivity index is 2.13. The topological polar surface area (TPSA) is 166 Å². The number of carbonyl (C=O) groups is 3. The summed E-state index contributed by atoms with van der Waals surface area (Å²) in [5, 5.41) is 22.5. The van der Waals surface area contributed by atoms with Crippen LogP contribution < -0.4 is 10.6 Å². The predicted octanol–water partition coefficient (Wildman–Crippen LogP) is 5.28. The average molecular weight is 601 g/mol. The van der Waals surface area contributed by atoms with Crippen molar-refractivity contribution in [3.8, 4) is 0 Å². The van der Waals surface area contributed by atoms with Gasteiger partial charge in [0.15, 0.2) is 0 Å². The number of aromatic nitrogens is 1. The van der Waals surface area contributed by atoms with Gasteiger partial charge in [-0.2, -0.15) is 0 Å². The molecule has 0 unspecified atom stereocenters. The number of aliphatic hydroxyl groups excluding tert-OH is 1. The second kappa shape index (κ2) is 16.8. The van der Waals surface area contributed by atoms with Crippen LogP contribution in [0.5, 0.6) is 0 Å². The van der Waals surface area contributed by atoms with E-state index in [0.29, 0.717) is 24.3 Å². The molecule has 0 spiro atoms. The highest BCUT2D eigenvalue weighted by Gasteiger charge is 2.29. The molecule has 1 aromatic heterocycles. The van der Waals surface area contributed by atoms with Crippen LogP contribution in [-0.2, 0) is 20.7 Å². The summed E-state index contributed by atoms with van der Waals surface area (Å²) in [6.45, 7) is 11.4. The highest BCUT2D eigenvalue weighted by atomic mass is 32.1. The number of aryl methyl sites for hydroxylation is 1. The van der Waals surface area contributed by atoms with Crippen molar-refractivity contribution in [1.82, 2.24) is 15.6 Å². The van der Waals surface area contributed by atoms with Crippen molar-refractivity contribution in [2.45, 2.75) is 91.5 Å². The zero-order chi connectivity index (χ0) is 31.4. The SMILES string of the molecule is CC[C@H](C)[C@H](N=[N+]=[N-])C(=O)N[C@H](C[C@@H](O)c1nc(C(=O)N[C@@H](Cc2ccc(C)cc2)C[C@H](C)C(=O)OC)cs1)C(C)C. The number of rotatable bonds is 16. The van der Waals surface area contributed by atoms with Crippen LogP contribution >= 0.6 is 11.3 Å². The molecule has 0 radical (unpaired) electrons. The predicted molar refractivity (Wildman–Crippen MR) is 163 cm³/mol. The van der Waals surface area contributed by atoms with E-state index in [2.05, 4.69) is 25.6 Å². The zero-order valence-electron chi connectivity index (χ0n) is 25.5. The molecule has 2 aromatic rings. The second-order valence-corrected chi connectivity index (χ2v) is 12.1. The molecule has 12 heteroatoms. The first-order valence-corrected chi connectivity index (χ1v) is 15.2. The van der Waals surface area contributed by atoms with Crippen molar-refractivity contribution in [3.05, 3.63) is 61.9 Å². The quantitative estimate of drug-likeness (QED) is 0.103. The molecular formula is C30H44N6O5S. The van der Waals surface area contributed by atoms with E-state index >= 15 is 0 Å². The molecule has 6 atom stereocenters. The lowest BCUT2D eigenvalue weighted by Crippen LogP contribution is -2.45. The van der Waals surface area contributed by atoms with Crippen LogP contribution in [0.3, 0.4) is 0 Å². The summed E-state index contributed by atoms with van der Waals surface area (Å²) in [5.74, 6) is -1.70. The number of azide groups is 1. The number of carbonyl (C=O) groups excluding carboxylic acids is 3. The maximum absolute atomic E-state index is 13.2. The highest BCUT2D eigenvalue weighted by molar-refractivity contribution is 7.09. The first kappa shape index (κ1) is 34.7. The monoisotopic (exact) mass is 600 g/mol. The molecule has 0 fully saturated rings. The molecule has 1 heterocycles. The molecule has 0 aliphatic rings. The van der Waals surface area contributed by atoms with E-state index in [0.717, 1.165) is 22.5 Å². The largest absolute Gasteiger partial charge is 0.469 e. The molecule has 230 valence electrons. The van der Waals surface area contributed by atoms with Gasteiger partial charge in [0.1, 0.15) is 22.8 Å². The Labute approximate surface area is 252 Å². The lowest BCUT2D eigenvalue weighted by Gasteiger charge is -2.27. The van der Waals surface area contributed by atoms with Crippen LogP contribution in [0.25, 0.3) is 10.4 Å². The lowest BCUT2D eigenvalue weighted by molar-refractivity contribution is -0.145. The maximum atomic E-state index is 13.2. The second-order valence-electron chi connectivity index (χ2n) is 11.2. The van der Waals surface area contributed by atoms with Crippen LogP contribution in [0.4, 0.5) is 0 Å². The Bertz CT molecular complexity index is 1230. The van der Waals surface area contributed by atoms with E-state index in [-0.39, 0.29) is 41.9 Å². The zero-order valence-corrected chi connectivity index (χ0v) is 26.4. The van der Waals surface area contributed by atoms with Gasteiger partial charge in [0.05, 0.1) is 13.0 Å². The smallest absolute Gasteiger partial charge is 0.308 e. The molecular weight excluding hydrogens is 556 g/mol. The number of nitrogens with zero attached hydrogens (tertiary/aromatic N) is 4. The van der Waals surface area contributed by atoms with Gasteiger partial charge in [-0.25, -0.2) is 4.98 Å². The third-order valence-corrected chi connectivity index (χ3v) is 8.40. The van der Waals surface area contributed by atoms with Crippen molar-refractivity contribution in [1.29, 1.82) is 0 Å². The van der Waals surface area contributed by atoms with Crippen LogP contribution in [0.2, 0.25) is 0 Å². The summed E-state index contributed by atoms with van der Waals surface area (Å²) >= 11 is 1.16. The number of thiazole rings is 1. The first-order valence-electron chi connectivity index (χ1n) is 14.3. The Morgan fingerprint density at radius 1 is 1.12 bits per heavy atom. The number of aliphatic hydroxyl groups is 1. The number of amides is 2. The summed E-state index contributed by atoms with van der Waals surface area (Å²) in [6, 6.07) is 6.39. The van der Waals surface area contributed by atoms with Gasteiger partial charge in [-0.3, -0.25) is 14.4 Å². The van der Waals surface area contributed by atoms with Crippen molar-refractivity contribution in [2.75, 3.05) is 7.11 Å². The van der Waals surface area contributed by atoms with E-state index in [1.807, 2.05) is 58.9 Å². The standard InChI is InChI=1S/C30H44N6O5S/c1-8-19(5)26(35-36-31)28(39)33-23(17(2)3)15-25(37)29-34-24(16-42-29)27(38)32-22(13-20(6)30(40)41-7)14-21-11-9-18(4)10-12-21/h9-12,16-17,19-20,22-23,25-26,37H,8,13-15H2,1-7H3,(H,32,38)(H,33,39)/t19-,20-,22+,23+,25+,26-/m0/s1. The molecule has 0 aliphatic heterocycles. The number of methoxy groups -OCH3 is 1. The van der Waals surface area contributed by atoms with Gasteiger partial charge in [0, 0.05) is 28.8 Å². The summed E-state index contributed by atoms with van der Waals surface area (Å²) in [6.07, 6.45) is 0.733. The van der Waals surface area contributed by atoms with Gasteiger partial charge < -0.3 is 20.5 Å². The van der Waals surface area contributed by atoms with Gasteiger partial charge >= 0.3 is 5.97 Å². The van der Waals surface area contributed by atoms with Gasteiger partial charge in [0.2, 0.25) is 5.91 Å². The number of nitrogens with one attached hydrogen (secondary N) is 2. The molecule has 42 heavy (non-hydrogen) atoms. The lowest BCUT2D eigenvalue weighted by atomic mass is 9.95. The molecule has 1 aromatic carbocycles. The molecule has 11 nitrogen and oxygen atoms in total. The fourth-order valence-corrected chi connectivity index (χ4v) is 5.34. The van der Waals surface area contributed by atoms with Gasteiger partial charge in [-0.1, -0.05) is 76.0 Å². The molecule has 2 rings (SSSR count). The summed E-state index contributed by atoms with van der Waals surface area (Å²) in [7, 11) is 1.34. The number of esters is 1. The fourth-order valence-electron chi connectivity index (χ4n) is 4.54. The first-order chi connectivity index (χ1) is 19.9. The van der Waals surface area contributed by atoms with E-state index < -0.39 is 30.0 Å². The number of hydrogen-bond donors (Lipinski definition) is 3. The van der Waals surface area contributed by atoms with Crippen molar-refractivity contribution in [3.63, 3.8) is 0 Å². The number of ether oxygens (including phenoxy) is 1. The minimum atomic E-state index is -1.02. The molecule has 2 amide bonds. The van der Waals surface area contributed by atoms with Crippen molar-refractivity contribution >= 4 is 29.1 Å². The number of hydrogen-bond acceptors (Lipinski definition) is 8. The average Bonchev–Trinajstić information content (AvgIpc) is 3.46. The normalized spacial score (nSPS) is 15.5. The summed E-state index contributed by atoms with van der Waals surface area (Å²) in [4.78, 5) is 45.4. The van der Waals surface area contributed by atoms with Crippen LogP contribution in [-0.4, -0.2) is 53.1 Å². The number of benzene rings is 1. The maximum Gasteiger partial charge on any atom is 0.308 e. The highest BCUT2D eigenvalue weighted by Crippen LogP contribution is 2.25. The van der Waals surface area contributed by atoms with E-state index in [9.17, 15) is 19.5 Å². The van der Waals surface area contributed by atoms with Crippen molar-refractivity contribution in [2.24, 2.45) is 22.9 Å². The molecule has 0 aliphatic carbocycles. The van der Waals surface area contributed by atoms with E-state index in [4.69, 9.17) is 10.3 Å². The summed E-state index contributed by atoms with van der Waals surface area (Å²) in [5.41, 5.74) is 11.2. The van der Waals surface area contributed by atoms with Crippen molar-refractivity contribution < 1.29 is 24.2 Å². The Morgan fingerprint density at radius 3 is 2.36 bits per heavy atom. The van der Waals surface area contributed by atoms with Gasteiger partial charge in [0.25, 0.3) is 5.91 Å².